The number of fused-ring (bicyclic) bond motifs is 2. The number of benzene rings is 2. The molecule has 7 heteroatoms. The van der Waals surface area contributed by atoms with Gasteiger partial charge < -0.3 is 0 Å². The van der Waals surface area contributed by atoms with E-state index in [2.05, 4.69) is 85.9 Å². The van der Waals surface area contributed by atoms with Gasteiger partial charge >= 0.3 is 0 Å². The predicted molar refractivity (Wildman–Crippen MR) is 159 cm³/mol. The van der Waals surface area contributed by atoms with Gasteiger partial charge in [-0.25, -0.2) is 0 Å². The molecule has 3 aliphatic rings. The summed E-state index contributed by atoms with van der Waals surface area (Å²) in [6.45, 7) is 2.15. The lowest BCUT2D eigenvalue weighted by Gasteiger charge is -2.47. The average Bonchev–Trinajstić information content (AvgIpc) is 3.61. The number of halogens is 2. The second kappa shape index (κ2) is 8.55. The van der Waals surface area contributed by atoms with E-state index in [1.54, 1.807) is 22.7 Å². The van der Waals surface area contributed by atoms with Crippen molar-refractivity contribution in [2.24, 2.45) is 5.41 Å². The van der Waals surface area contributed by atoms with E-state index in [4.69, 9.17) is 0 Å². The highest BCUT2D eigenvalue weighted by molar-refractivity contribution is 9.10. The molecule has 3 nitrogen and oxygen atoms in total. The first-order valence-corrected chi connectivity index (χ1v) is 15.8. The third kappa shape index (κ3) is 3.18. The predicted octanol–water partition coefficient (Wildman–Crippen LogP) is 8.48. The van der Waals surface area contributed by atoms with E-state index in [-0.39, 0.29) is 23.5 Å². The van der Waals surface area contributed by atoms with Gasteiger partial charge in [0.05, 0.1) is 5.41 Å². The smallest absolute Gasteiger partial charge is 0.189 e. The quantitative estimate of drug-likeness (QED) is 0.221. The van der Waals surface area contributed by atoms with Crippen LogP contribution in [0.15, 0.2) is 73.8 Å². The molecule has 7 rings (SSSR count). The van der Waals surface area contributed by atoms with Gasteiger partial charge in [-0.15, -0.1) is 22.7 Å². The van der Waals surface area contributed by atoms with Crippen molar-refractivity contribution in [2.45, 2.75) is 43.7 Å². The van der Waals surface area contributed by atoms with Crippen molar-refractivity contribution in [1.29, 1.82) is 0 Å². The highest BCUT2D eigenvalue weighted by atomic mass is 79.9. The molecule has 0 bridgehead atoms. The van der Waals surface area contributed by atoms with Crippen LogP contribution in [0.4, 0.5) is 0 Å². The van der Waals surface area contributed by atoms with Crippen molar-refractivity contribution in [1.82, 2.24) is 5.32 Å². The lowest BCUT2D eigenvalue weighted by Crippen LogP contribution is -2.59. The SMILES string of the molecule is CC1N[C@@]2(C(=O)c3cccc4cccc2c34)[C@@]2(CCC/C(=C\c3cc(Br)cs3)C2=O)[C@H]1c1cc(Br)cs1. The number of rotatable bonds is 2. The number of thiophene rings is 2. The van der Waals surface area contributed by atoms with E-state index >= 15 is 0 Å². The van der Waals surface area contributed by atoms with Crippen LogP contribution in [-0.4, -0.2) is 17.6 Å². The van der Waals surface area contributed by atoms with Crippen LogP contribution in [0, 0.1) is 5.41 Å². The van der Waals surface area contributed by atoms with Crippen molar-refractivity contribution in [3.05, 3.63) is 94.7 Å². The lowest BCUT2D eigenvalue weighted by molar-refractivity contribution is -0.130. The van der Waals surface area contributed by atoms with Crippen LogP contribution >= 0.6 is 54.5 Å². The maximum Gasteiger partial charge on any atom is 0.189 e. The molecule has 186 valence electrons. The number of carbonyl (C=O) groups excluding carboxylic acids is 2. The average molecular weight is 653 g/mol. The number of hydrogen-bond acceptors (Lipinski definition) is 5. The molecule has 0 radical (unpaired) electrons. The molecule has 2 fully saturated rings. The third-order valence-electron chi connectivity index (χ3n) is 8.55. The van der Waals surface area contributed by atoms with E-state index in [9.17, 15) is 9.59 Å². The van der Waals surface area contributed by atoms with Crippen LogP contribution < -0.4 is 5.32 Å². The molecule has 4 aromatic rings. The van der Waals surface area contributed by atoms with Crippen molar-refractivity contribution in [2.75, 3.05) is 0 Å². The molecule has 3 heterocycles. The monoisotopic (exact) mass is 651 g/mol. The maximum absolute atomic E-state index is 15.0. The normalized spacial score (nSPS) is 30.0. The fourth-order valence-corrected chi connectivity index (χ4v) is 10.5. The molecule has 1 aliphatic heterocycles. The Kier molecular flexibility index (Phi) is 5.58. The first-order valence-electron chi connectivity index (χ1n) is 12.4. The van der Waals surface area contributed by atoms with Gasteiger partial charge in [-0.2, -0.15) is 0 Å². The van der Waals surface area contributed by atoms with E-state index < -0.39 is 11.0 Å². The lowest BCUT2D eigenvalue weighted by atomic mass is 9.53. The molecule has 1 N–H and O–H groups in total. The van der Waals surface area contributed by atoms with Gasteiger partial charge in [-0.05, 0) is 98.2 Å². The topological polar surface area (TPSA) is 46.2 Å². The molecule has 2 aliphatic carbocycles. The summed E-state index contributed by atoms with van der Waals surface area (Å²) in [7, 11) is 0. The Morgan fingerprint density at radius 3 is 2.49 bits per heavy atom. The Morgan fingerprint density at radius 1 is 1.00 bits per heavy atom. The number of Topliss-reactive ketones (excluding diaryl/α,β-unsaturated/α-hetero) is 2. The summed E-state index contributed by atoms with van der Waals surface area (Å²) < 4.78 is 2.03. The molecule has 2 aromatic carbocycles. The van der Waals surface area contributed by atoms with Crippen LogP contribution in [0.3, 0.4) is 0 Å². The van der Waals surface area contributed by atoms with Gasteiger partial charge in [0.15, 0.2) is 11.6 Å². The van der Waals surface area contributed by atoms with Crippen LogP contribution in [0.25, 0.3) is 16.8 Å². The first kappa shape index (κ1) is 24.2. The molecule has 1 unspecified atom stereocenters. The van der Waals surface area contributed by atoms with Gasteiger partial charge in [0.1, 0.15) is 5.54 Å². The zero-order valence-electron chi connectivity index (χ0n) is 20.0. The molecule has 1 saturated heterocycles. The van der Waals surface area contributed by atoms with E-state index in [1.165, 1.54) is 0 Å². The molecular formula is C30H23Br2NO2S2. The Hall–Kier alpha value is -1.90. The van der Waals surface area contributed by atoms with Crippen LogP contribution in [0.2, 0.25) is 0 Å². The van der Waals surface area contributed by atoms with Gasteiger partial charge in [0.2, 0.25) is 0 Å². The minimum atomic E-state index is -1.09. The minimum absolute atomic E-state index is 0.0396. The largest absolute Gasteiger partial charge is 0.297 e. The van der Waals surface area contributed by atoms with E-state index in [0.29, 0.717) is 6.42 Å². The number of carbonyl (C=O) groups is 2. The highest BCUT2D eigenvalue weighted by Crippen LogP contribution is 2.66. The second-order valence-corrected chi connectivity index (χ2v) is 14.1. The van der Waals surface area contributed by atoms with E-state index in [1.807, 2.05) is 23.6 Å². The van der Waals surface area contributed by atoms with Gasteiger partial charge in [-0.3, -0.25) is 14.9 Å². The summed E-state index contributed by atoms with van der Waals surface area (Å²) in [5.74, 6) is 0.0362. The van der Waals surface area contributed by atoms with Gasteiger partial charge in [-0.1, -0.05) is 36.4 Å². The Balaban J connectivity index is 1.52. The fourth-order valence-electron chi connectivity index (χ4n) is 7.39. The Morgan fingerprint density at radius 2 is 1.76 bits per heavy atom. The van der Waals surface area contributed by atoms with Crippen LogP contribution in [0.5, 0.6) is 0 Å². The number of hydrogen-bond donors (Lipinski definition) is 1. The highest BCUT2D eigenvalue weighted by Gasteiger charge is 2.73. The molecule has 1 saturated carbocycles. The number of allylic oxidation sites excluding steroid dienone is 1. The summed E-state index contributed by atoms with van der Waals surface area (Å²) in [6.07, 6.45) is 4.32. The molecule has 4 atom stereocenters. The molecule has 0 amide bonds. The summed E-state index contributed by atoms with van der Waals surface area (Å²) in [4.78, 5) is 31.9. The molecular weight excluding hydrogens is 630 g/mol. The second-order valence-electron chi connectivity index (χ2n) is 10.4. The third-order valence-corrected chi connectivity index (χ3v) is 12.0. The zero-order chi connectivity index (χ0) is 25.5. The minimum Gasteiger partial charge on any atom is -0.297 e. The number of ketones is 2. The number of nitrogens with one attached hydrogen (secondary N) is 1. The fraction of sp³-hybridized carbons (Fsp3) is 0.267. The summed E-state index contributed by atoms with van der Waals surface area (Å²) in [5, 5.41) is 9.98. The molecule has 37 heavy (non-hydrogen) atoms. The van der Waals surface area contributed by atoms with Gasteiger partial charge in [0, 0.05) is 47.0 Å². The van der Waals surface area contributed by atoms with Crippen molar-refractivity contribution >= 4 is 82.9 Å². The van der Waals surface area contributed by atoms with Crippen LogP contribution in [0.1, 0.15) is 57.8 Å². The standard InChI is InChI=1S/C30H23Br2NO2S2/c1-16-26(24-13-20(32)15-37-24)29(10-4-7-18(27(29)34)11-21-12-19(31)14-36-21)30(33-16)23-9-3-6-17-5-2-8-22(25(17)23)28(30)35/h2-3,5-6,8-9,11-16,26,33H,4,7,10H2,1H3/b18-11+/t16?,26-,29+,30+/m1/s1. The molecule has 2 spiro atoms. The summed E-state index contributed by atoms with van der Waals surface area (Å²) in [5.41, 5.74) is 0.506. The van der Waals surface area contributed by atoms with Gasteiger partial charge in [0.25, 0.3) is 0 Å². The Bertz CT molecular complexity index is 1650. The summed E-state index contributed by atoms with van der Waals surface area (Å²) >= 11 is 10.5. The van der Waals surface area contributed by atoms with Crippen molar-refractivity contribution in [3.8, 4) is 0 Å². The Labute approximate surface area is 240 Å². The summed E-state index contributed by atoms with van der Waals surface area (Å²) in [6, 6.07) is 16.3. The zero-order valence-corrected chi connectivity index (χ0v) is 24.8. The van der Waals surface area contributed by atoms with Crippen LogP contribution in [-0.2, 0) is 10.3 Å². The first-order chi connectivity index (χ1) is 17.9. The van der Waals surface area contributed by atoms with Crippen molar-refractivity contribution in [3.63, 3.8) is 0 Å². The van der Waals surface area contributed by atoms with E-state index in [0.717, 1.165) is 59.0 Å². The molecule has 2 aromatic heterocycles. The van der Waals surface area contributed by atoms with Crippen molar-refractivity contribution < 1.29 is 9.59 Å². The maximum atomic E-state index is 15.0.